The van der Waals surface area contributed by atoms with Crippen LogP contribution in [0.1, 0.15) is 23.2 Å². The van der Waals surface area contributed by atoms with Gasteiger partial charge in [-0.15, -0.1) is 0 Å². The van der Waals surface area contributed by atoms with E-state index in [9.17, 15) is 23.3 Å². The smallest absolute Gasteiger partial charge is 0.395 e. The standard InChI is InChI=1S/C12H13ClN4O6S/c1-4-16(12(18)8-5-6-9(23-8)17(19)20)24(21,22)10-7(2)14-15(3)11(10)13/h5-6H,4H2,1-3H3. The third-order valence-electron chi connectivity index (χ3n) is 3.14. The van der Waals surface area contributed by atoms with Gasteiger partial charge in [-0.25, -0.2) is 12.7 Å². The van der Waals surface area contributed by atoms with Gasteiger partial charge in [-0.3, -0.25) is 19.6 Å². The summed E-state index contributed by atoms with van der Waals surface area (Å²) in [6, 6.07) is 2.01. The maximum Gasteiger partial charge on any atom is 0.433 e. The topological polar surface area (TPSA) is 129 Å². The molecule has 0 atom stereocenters. The van der Waals surface area contributed by atoms with Crippen LogP contribution in [0.4, 0.5) is 5.88 Å². The third kappa shape index (κ3) is 2.87. The van der Waals surface area contributed by atoms with Gasteiger partial charge in [-0.1, -0.05) is 11.6 Å². The summed E-state index contributed by atoms with van der Waals surface area (Å²) in [5.41, 5.74) is 0.124. The lowest BCUT2D eigenvalue weighted by molar-refractivity contribution is -0.402. The highest BCUT2D eigenvalue weighted by Gasteiger charge is 2.36. The molecule has 0 N–H and O–H groups in total. The van der Waals surface area contributed by atoms with Crippen molar-refractivity contribution in [2.75, 3.05) is 6.54 Å². The number of carbonyl (C=O) groups is 1. The highest BCUT2D eigenvalue weighted by Crippen LogP contribution is 2.29. The lowest BCUT2D eigenvalue weighted by Gasteiger charge is -2.19. The first-order valence-corrected chi connectivity index (χ1v) is 8.43. The fraction of sp³-hybridized carbons (Fsp3) is 0.333. The summed E-state index contributed by atoms with van der Waals surface area (Å²) in [5.74, 6) is -2.17. The minimum absolute atomic E-state index is 0.124. The van der Waals surface area contributed by atoms with Crippen LogP contribution in [-0.4, -0.2) is 39.9 Å². The zero-order chi connectivity index (χ0) is 18.2. The molecule has 0 radical (unpaired) electrons. The van der Waals surface area contributed by atoms with Crippen LogP contribution in [0.2, 0.25) is 5.15 Å². The summed E-state index contributed by atoms with van der Waals surface area (Å²) in [4.78, 5) is 21.9. The summed E-state index contributed by atoms with van der Waals surface area (Å²) < 4.78 is 32.0. The number of aryl methyl sites for hydroxylation is 2. The first-order chi connectivity index (χ1) is 11.1. The minimum Gasteiger partial charge on any atom is -0.395 e. The quantitative estimate of drug-likeness (QED) is 0.573. The molecule has 1 amide bonds. The average molecular weight is 377 g/mol. The van der Waals surface area contributed by atoms with Crippen molar-refractivity contribution in [3.05, 3.63) is 38.9 Å². The molecule has 0 saturated carbocycles. The van der Waals surface area contributed by atoms with E-state index < -0.39 is 32.5 Å². The normalized spacial score (nSPS) is 11.5. The van der Waals surface area contributed by atoms with Crippen molar-refractivity contribution in [3.63, 3.8) is 0 Å². The van der Waals surface area contributed by atoms with Crippen molar-refractivity contribution in [2.24, 2.45) is 7.05 Å². The number of aromatic nitrogens is 2. The Labute approximate surface area is 141 Å². The van der Waals surface area contributed by atoms with Crippen LogP contribution in [0, 0.1) is 17.0 Å². The molecule has 24 heavy (non-hydrogen) atoms. The summed E-state index contributed by atoms with van der Waals surface area (Å²) >= 11 is 5.97. The van der Waals surface area contributed by atoms with Crippen LogP contribution in [0.3, 0.4) is 0 Å². The summed E-state index contributed by atoms with van der Waals surface area (Å²) in [7, 11) is -2.85. The van der Waals surface area contributed by atoms with Gasteiger partial charge in [0.25, 0.3) is 10.0 Å². The number of nitrogens with zero attached hydrogens (tertiary/aromatic N) is 4. The number of hydrogen-bond acceptors (Lipinski definition) is 7. The monoisotopic (exact) mass is 376 g/mol. The Morgan fingerprint density at radius 2 is 2.12 bits per heavy atom. The second-order valence-electron chi connectivity index (χ2n) is 4.70. The van der Waals surface area contributed by atoms with Gasteiger partial charge in [-0.2, -0.15) is 5.10 Å². The molecule has 0 unspecified atom stereocenters. The lowest BCUT2D eigenvalue weighted by Crippen LogP contribution is -2.36. The predicted octanol–water partition coefficient (Wildman–Crippen LogP) is 1.73. The molecule has 10 nitrogen and oxygen atoms in total. The Balaban J connectivity index is 2.49. The van der Waals surface area contributed by atoms with E-state index in [-0.39, 0.29) is 22.3 Å². The molecule has 130 valence electrons. The molecule has 0 bridgehead atoms. The molecule has 0 aliphatic heterocycles. The van der Waals surface area contributed by atoms with Crippen LogP contribution in [0.15, 0.2) is 21.4 Å². The second kappa shape index (κ2) is 6.24. The molecule has 12 heteroatoms. The van der Waals surface area contributed by atoms with Crippen molar-refractivity contribution in [1.82, 2.24) is 14.1 Å². The second-order valence-corrected chi connectivity index (χ2v) is 6.86. The van der Waals surface area contributed by atoms with Gasteiger partial charge in [0.2, 0.25) is 0 Å². The van der Waals surface area contributed by atoms with Crippen LogP contribution >= 0.6 is 11.6 Å². The number of amides is 1. The Morgan fingerprint density at radius 1 is 1.50 bits per heavy atom. The predicted molar refractivity (Wildman–Crippen MR) is 82.2 cm³/mol. The number of furan rings is 1. The van der Waals surface area contributed by atoms with E-state index in [1.165, 1.54) is 25.6 Å². The molecule has 0 aromatic carbocycles. The molecule has 2 rings (SSSR count). The van der Waals surface area contributed by atoms with Crippen LogP contribution in [0.25, 0.3) is 0 Å². The fourth-order valence-corrected chi connectivity index (χ4v) is 4.19. The third-order valence-corrected chi connectivity index (χ3v) is 5.70. The van der Waals surface area contributed by atoms with E-state index in [0.717, 1.165) is 12.1 Å². The van der Waals surface area contributed by atoms with Crippen LogP contribution in [-0.2, 0) is 17.1 Å². The summed E-state index contributed by atoms with van der Waals surface area (Å²) in [6.07, 6.45) is 0. The van der Waals surface area contributed by atoms with Gasteiger partial charge in [0.05, 0.1) is 11.8 Å². The molecule has 0 saturated heterocycles. The van der Waals surface area contributed by atoms with E-state index >= 15 is 0 Å². The first-order valence-electron chi connectivity index (χ1n) is 6.61. The van der Waals surface area contributed by atoms with Gasteiger partial charge in [-0.05, 0) is 19.9 Å². The number of halogens is 1. The zero-order valence-electron chi connectivity index (χ0n) is 12.9. The maximum atomic E-state index is 12.8. The van der Waals surface area contributed by atoms with Crippen molar-refractivity contribution in [2.45, 2.75) is 18.7 Å². The molecule has 2 heterocycles. The van der Waals surface area contributed by atoms with Crippen LogP contribution in [0.5, 0.6) is 0 Å². The Morgan fingerprint density at radius 3 is 2.54 bits per heavy atom. The van der Waals surface area contributed by atoms with E-state index in [1.807, 2.05) is 0 Å². The molecular weight excluding hydrogens is 364 g/mol. The molecule has 0 fully saturated rings. The average Bonchev–Trinajstić information content (AvgIpc) is 3.05. The Hall–Kier alpha value is -2.40. The Kier molecular flexibility index (Phi) is 4.67. The van der Waals surface area contributed by atoms with Crippen molar-refractivity contribution >= 4 is 33.4 Å². The minimum atomic E-state index is -4.31. The van der Waals surface area contributed by atoms with E-state index in [0.29, 0.717) is 4.31 Å². The number of rotatable bonds is 5. The SMILES string of the molecule is CCN(C(=O)c1ccc([N+](=O)[O-])o1)S(=O)(=O)c1c(C)nn(C)c1Cl. The first kappa shape index (κ1) is 17.9. The van der Waals surface area contributed by atoms with Gasteiger partial charge >= 0.3 is 11.8 Å². The summed E-state index contributed by atoms with van der Waals surface area (Å²) in [6.45, 7) is 2.65. The van der Waals surface area contributed by atoms with Gasteiger partial charge in [0.15, 0.2) is 5.76 Å². The van der Waals surface area contributed by atoms with Gasteiger partial charge in [0, 0.05) is 13.6 Å². The number of hydrogen-bond donors (Lipinski definition) is 0. The van der Waals surface area contributed by atoms with E-state index in [4.69, 9.17) is 16.0 Å². The molecular formula is C12H13ClN4O6S. The molecule has 2 aromatic rings. The highest BCUT2D eigenvalue weighted by atomic mass is 35.5. The molecule has 0 aliphatic carbocycles. The number of nitro groups is 1. The van der Waals surface area contributed by atoms with Gasteiger partial charge in [0.1, 0.15) is 15.0 Å². The fourth-order valence-electron chi connectivity index (χ4n) is 2.10. The summed E-state index contributed by atoms with van der Waals surface area (Å²) in [5, 5.41) is 14.4. The van der Waals surface area contributed by atoms with Crippen molar-refractivity contribution < 1.29 is 22.6 Å². The lowest BCUT2D eigenvalue weighted by atomic mass is 10.4. The van der Waals surface area contributed by atoms with Crippen molar-refractivity contribution in [1.29, 1.82) is 0 Å². The zero-order valence-corrected chi connectivity index (χ0v) is 14.5. The molecule has 0 spiro atoms. The maximum absolute atomic E-state index is 12.8. The molecule has 2 aromatic heterocycles. The molecule has 0 aliphatic rings. The van der Waals surface area contributed by atoms with Gasteiger partial charge < -0.3 is 4.42 Å². The highest BCUT2D eigenvalue weighted by molar-refractivity contribution is 7.89. The van der Waals surface area contributed by atoms with Crippen LogP contribution < -0.4 is 0 Å². The van der Waals surface area contributed by atoms with Crippen molar-refractivity contribution in [3.8, 4) is 0 Å². The van der Waals surface area contributed by atoms with E-state index in [2.05, 4.69) is 5.10 Å². The number of sulfonamides is 1. The largest absolute Gasteiger partial charge is 0.433 e. The number of carbonyl (C=O) groups excluding carboxylic acids is 1. The Bertz CT molecular complexity index is 916. The van der Waals surface area contributed by atoms with E-state index in [1.54, 1.807) is 0 Å².